The van der Waals surface area contributed by atoms with Gasteiger partial charge in [0.1, 0.15) is 0 Å². The molecule has 0 aliphatic heterocycles. The summed E-state index contributed by atoms with van der Waals surface area (Å²) in [6.07, 6.45) is 0. The lowest BCUT2D eigenvalue weighted by Gasteiger charge is -2.11. The summed E-state index contributed by atoms with van der Waals surface area (Å²) in [7, 11) is 0. The van der Waals surface area contributed by atoms with Crippen molar-refractivity contribution >= 4 is 21.6 Å². The predicted octanol–water partition coefficient (Wildman–Crippen LogP) is 2.73. The molecule has 4 heteroatoms. The first-order valence-electron chi connectivity index (χ1n) is 5.30. The molecular weight excluding hydrogens is 266 g/mol. The second-order valence-corrected chi connectivity index (χ2v) is 4.70. The molecule has 0 amide bonds. The zero-order chi connectivity index (χ0) is 12.0. The van der Waals surface area contributed by atoms with Crippen molar-refractivity contribution in [3.8, 4) is 6.07 Å². The first kappa shape index (κ1) is 13.0. The predicted molar refractivity (Wildman–Crippen MR) is 70.5 cm³/mol. The quantitative estimate of drug-likeness (QED) is 0.816. The lowest BCUT2D eigenvalue weighted by molar-refractivity contribution is 0.602. The number of rotatable bonds is 5. The van der Waals surface area contributed by atoms with E-state index < -0.39 is 0 Å². The Morgan fingerprint density at radius 3 is 2.69 bits per heavy atom. The van der Waals surface area contributed by atoms with Crippen LogP contribution in [0.4, 0.5) is 5.69 Å². The largest absolute Gasteiger partial charge is 0.383 e. The molecule has 16 heavy (non-hydrogen) atoms. The molecule has 0 aliphatic carbocycles. The van der Waals surface area contributed by atoms with Crippen LogP contribution in [0, 0.1) is 11.3 Å². The number of hydrogen-bond donors (Lipinski definition) is 2. The summed E-state index contributed by atoms with van der Waals surface area (Å²) in [6.45, 7) is 6.03. The number of nitriles is 1. The van der Waals surface area contributed by atoms with Gasteiger partial charge in [-0.1, -0.05) is 13.8 Å². The summed E-state index contributed by atoms with van der Waals surface area (Å²) >= 11 is 3.43. The Morgan fingerprint density at radius 1 is 1.38 bits per heavy atom. The standard InChI is InChI=1S/C12H16BrN3/c1-9(2)15-5-6-16-12-4-3-10(8-14)7-11(12)13/h3-4,7,9,15-16H,5-6H2,1-2H3. The van der Waals surface area contributed by atoms with Crippen LogP contribution >= 0.6 is 15.9 Å². The molecule has 0 fully saturated rings. The molecule has 0 bridgehead atoms. The van der Waals surface area contributed by atoms with E-state index in [1.54, 1.807) is 0 Å². The maximum atomic E-state index is 8.73. The highest BCUT2D eigenvalue weighted by molar-refractivity contribution is 9.10. The maximum absolute atomic E-state index is 8.73. The van der Waals surface area contributed by atoms with Gasteiger partial charge in [0.05, 0.1) is 11.6 Å². The Kier molecular flexibility index (Phi) is 5.30. The van der Waals surface area contributed by atoms with Crippen LogP contribution in [0.5, 0.6) is 0 Å². The van der Waals surface area contributed by atoms with Crippen molar-refractivity contribution in [1.82, 2.24) is 5.32 Å². The summed E-state index contributed by atoms with van der Waals surface area (Å²) < 4.78 is 0.927. The van der Waals surface area contributed by atoms with Gasteiger partial charge in [-0.3, -0.25) is 0 Å². The second-order valence-electron chi connectivity index (χ2n) is 3.84. The molecule has 0 saturated carbocycles. The third-order valence-electron chi connectivity index (χ3n) is 2.09. The zero-order valence-corrected chi connectivity index (χ0v) is 11.1. The second kappa shape index (κ2) is 6.51. The molecule has 0 aliphatic rings. The number of nitrogens with one attached hydrogen (secondary N) is 2. The van der Waals surface area contributed by atoms with Crippen molar-refractivity contribution in [3.05, 3.63) is 28.2 Å². The highest BCUT2D eigenvalue weighted by Crippen LogP contribution is 2.22. The van der Waals surface area contributed by atoms with E-state index in [4.69, 9.17) is 5.26 Å². The third-order valence-corrected chi connectivity index (χ3v) is 2.75. The van der Waals surface area contributed by atoms with Gasteiger partial charge in [-0.15, -0.1) is 0 Å². The molecule has 0 saturated heterocycles. The monoisotopic (exact) mass is 281 g/mol. The molecule has 0 atom stereocenters. The van der Waals surface area contributed by atoms with Crippen molar-refractivity contribution in [2.24, 2.45) is 0 Å². The van der Waals surface area contributed by atoms with Gasteiger partial charge in [-0.2, -0.15) is 5.26 Å². The summed E-state index contributed by atoms with van der Waals surface area (Å²) in [5, 5.41) is 15.4. The van der Waals surface area contributed by atoms with E-state index in [-0.39, 0.29) is 0 Å². The highest BCUT2D eigenvalue weighted by atomic mass is 79.9. The molecule has 0 spiro atoms. The van der Waals surface area contributed by atoms with Crippen LogP contribution in [0.2, 0.25) is 0 Å². The van der Waals surface area contributed by atoms with Crippen molar-refractivity contribution in [1.29, 1.82) is 5.26 Å². The fourth-order valence-electron chi connectivity index (χ4n) is 1.29. The molecule has 86 valence electrons. The van der Waals surface area contributed by atoms with Crippen LogP contribution in [0.3, 0.4) is 0 Å². The number of hydrogen-bond acceptors (Lipinski definition) is 3. The Morgan fingerprint density at radius 2 is 2.12 bits per heavy atom. The fourth-order valence-corrected chi connectivity index (χ4v) is 1.81. The fraction of sp³-hybridized carbons (Fsp3) is 0.417. The lowest BCUT2D eigenvalue weighted by Crippen LogP contribution is -2.28. The number of nitrogens with zero attached hydrogens (tertiary/aromatic N) is 1. The molecule has 1 aromatic carbocycles. The van der Waals surface area contributed by atoms with Crippen molar-refractivity contribution in [2.45, 2.75) is 19.9 Å². The molecule has 3 nitrogen and oxygen atoms in total. The van der Waals surface area contributed by atoms with Crippen LogP contribution in [0.15, 0.2) is 22.7 Å². The van der Waals surface area contributed by atoms with E-state index >= 15 is 0 Å². The van der Waals surface area contributed by atoms with Gasteiger partial charge >= 0.3 is 0 Å². The van der Waals surface area contributed by atoms with E-state index in [0.717, 1.165) is 23.2 Å². The third kappa shape index (κ3) is 4.21. The molecule has 0 unspecified atom stereocenters. The van der Waals surface area contributed by atoms with Gasteiger partial charge in [0, 0.05) is 29.3 Å². The average molecular weight is 282 g/mol. The summed E-state index contributed by atoms with van der Waals surface area (Å²) in [5.74, 6) is 0. The highest BCUT2D eigenvalue weighted by Gasteiger charge is 2.00. The molecule has 1 aromatic rings. The van der Waals surface area contributed by atoms with Crippen LogP contribution in [0.25, 0.3) is 0 Å². The molecule has 0 heterocycles. The van der Waals surface area contributed by atoms with Gasteiger partial charge in [0.25, 0.3) is 0 Å². The van der Waals surface area contributed by atoms with E-state index in [1.807, 2.05) is 18.2 Å². The first-order valence-corrected chi connectivity index (χ1v) is 6.09. The van der Waals surface area contributed by atoms with E-state index in [0.29, 0.717) is 11.6 Å². The number of benzene rings is 1. The van der Waals surface area contributed by atoms with Gasteiger partial charge in [0.15, 0.2) is 0 Å². The van der Waals surface area contributed by atoms with Crippen LogP contribution in [-0.4, -0.2) is 19.1 Å². The molecular formula is C12H16BrN3. The molecule has 0 radical (unpaired) electrons. The Labute approximate surface area is 105 Å². The lowest BCUT2D eigenvalue weighted by atomic mass is 10.2. The summed E-state index contributed by atoms with van der Waals surface area (Å²) in [6, 6.07) is 8.15. The van der Waals surface area contributed by atoms with Gasteiger partial charge < -0.3 is 10.6 Å². The molecule has 1 rings (SSSR count). The molecule has 2 N–H and O–H groups in total. The van der Waals surface area contributed by atoms with Crippen molar-refractivity contribution in [2.75, 3.05) is 18.4 Å². The van der Waals surface area contributed by atoms with E-state index in [9.17, 15) is 0 Å². The number of halogens is 1. The zero-order valence-electron chi connectivity index (χ0n) is 9.55. The Balaban J connectivity index is 2.46. The normalized spacial score (nSPS) is 10.2. The minimum atomic E-state index is 0.506. The molecule has 0 aromatic heterocycles. The van der Waals surface area contributed by atoms with Crippen LogP contribution in [0.1, 0.15) is 19.4 Å². The Bertz CT molecular complexity index is 382. The first-order chi connectivity index (χ1) is 7.63. The number of anilines is 1. The maximum Gasteiger partial charge on any atom is 0.0992 e. The van der Waals surface area contributed by atoms with Gasteiger partial charge in [-0.25, -0.2) is 0 Å². The van der Waals surface area contributed by atoms with E-state index in [1.165, 1.54) is 0 Å². The van der Waals surface area contributed by atoms with Gasteiger partial charge in [-0.05, 0) is 34.1 Å². The van der Waals surface area contributed by atoms with E-state index in [2.05, 4.69) is 46.5 Å². The minimum Gasteiger partial charge on any atom is -0.383 e. The van der Waals surface area contributed by atoms with Gasteiger partial charge in [0.2, 0.25) is 0 Å². The topological polar surface area (TPSA) is 47.8 Å². The minimum absolute atomic E-state index is 0.506. The van der Waals surface area contributed by atoms with Crippen LogP contribution in [-0.2, 0) is 0 Å². The summed E-state index contributed by atoms with van der Waals surface area (Å²) in [5.41, 5.74) is 1.68. The Hall–Kier alpha value is -1.05. The van der Waals surface area contributed by atoms with Crippen molar-refractivity contribution in [3.63, 3.8) is 0 Å². The SMILES string of the molecule is CC(C)NCCNc1ccc(C#N)cc1Br. The summed E-state index contributed by atoms with van der Waals surface area (Å²) in [4.78, 5) is 0. The van der Waals surface area contributed by atoms with Crippen molar-refractivity contribution < 1.29 is 0 Å². The average Bonchev–Trinajstić information content (AvgIpc) is 2.25. The van der Waals surface area contributed by atoms with Crippen LogP contribution < -0.4 is 10.6 Å². The smallest absolute Gasteiger partial charge is 0.0992 e.